The largest absolute Gasteiger partial charge is 0.383 e. The maximum Gasteiger partial charge on any atom is 0.224 e. The van der Waals surface area contributed by atoms with Gasteiger partial charge in [-0.3, -0.25) is 4.79 Å². The summed E-state index contributed by atoms with van der Waals surface area (Å²) in [6.45, 7) is 0.748. The van der Waals surface area contributed by atoms with Crippen molar-refractivity contribution in [3.05, 3.63) is 23.8 Å². The average molecular weight is 260 g/mol. The lowest BCUT2D eigenvalue weighted by Gasteiger charge is -2.22. The summed E-state index contributed by atoms with van der Waals surface area (Å²) >= 11 is 0. The number of anilines is 2. The first-order valence-electron chi connectivity index (χ1n) is 6.94. The van der Waals surface area contributed by atoms with Crippen LogP contribution >= 0.6 is 0 Å². The Balaban J connectivity index is 1.72. The Morgan fingerprint density at radius 1 is 1.42 bits per heavy atom. The standard InChI is InChI=1S/C15H20N2O2/c1-19-9-14(10-2-3-10)16-12-5-6-13-11(8-12)4-7-15(18)17-13/h5-6,8,10,14,16H,2-4,7,9H2,1H3,(H,17,18). The Morgan fingerprint density at radius 2 is 2.26 bits per heavy atom. The van der Waals surface area contributed by atoms with Crippen LogP contribution in [0.2, 0.25) is 0 Å². The van der Waals surface area contributed by atoms with Gasteiger partial charge < -0.3 is 15.4 Å². The number of amides is 1. The average Bonchev–Trinajstić information content (AvgIpc) is 3.23. The molecule has 19 heavy (non-hydrogen) atoms. The molecular weight excluding hydrogens is 240 g/mol. The predicted molar refractivity (Wildman–Crippen MR) is 75.4 cm³/mol. The zero-order chi connectivity index (χ0) is 13.2. The fourth-order valence-corrected chi connectivity index (χ4v) is 2.66. The minimum Gasteiger partial charge on any atom is -0.383 e. The second-order valence-corrected chi connectivity index (χ2v) is 5.46. The third kappa shape index (κ3) is 2.89. The van der Waals surface area contributed by atoms with E-state index in [2.05, 4.69) is 16.7 Å². The van der Waals surface area contributed by atoms with E-state index in [0.29, 0.717) is 12.5 Å². The molecule has 1 saturated carbocycles. The number of hydrogen-bond donors (Lipinski definition) is 2. The molecule has 1 fully saturated rings. The van der Waals surface area contributed by atoms with Gasteiger partial charge in [-0.2, -0.15) is 0 Å². The molecule has 102 valence electrons. The van der Waals surface area contributed by atoms with Crippen LogP contribution in [-0.2, 0) is 16.0 Å². The monoisotopic (exact) mass is 260 g/mol. The van der Waals surface area contributed by atoms with Gasteiger partial charge in [0.1, 0.15) is 0 Å². The minimum absolute atomic E-state index is 0.114. The summed E-state index contributed by atoms with van der Waals surface area (Å²) in [5.41, 5.74) is 3.30. The van der Waals surface area contributed by atoms with Crippen LogP contribution in [0.5, 0.6) is 0 Å². The summed E-state index contributed by atoms with van der Waals surface area (Å²) in [6.07, 6.45) is 4.00. The van der Waals surface area contributed by atoms with Crippen molar-refractivity contribution in [1.29, 1.82) is 0 Å². The highest BCUT2D eigenvalue weighted by Crippen LogP contribution is 2.35. The van der Waals surface area contributed by atoms with Gasteiger partial charge in [0.2, 0.25) is 5.91 Å². The molecule has 1 aromatic carbocycles. The highest BCUT2D eigenvalue weighted by atomic mass is 16.5. The minimum atomic E-state index is 0.114. The Bertz CT molecular complexity index is 483. The molecule has 1 aliphatic carbocycles. The van der Waals surface area contributed by atoms with E-state index in [1.165, 1.54) is 18.4 Å². The van der Waals surface area contributed by atoms with Crippen molar-refractivity contribution in [3.63, 3.8) is 0 Å². The first-order chi connectivity index (χ1) is 9.26. The van der Waals surface area contributed by atoms with Crippen molar-refractivity contribution in [2.24, 2.45) is 5.92 Å². The van der Waals surface area contributed by atoms with E-state index in [1.54, 1.807) is 7.11 Å². The van der Waals surface area contributed by atoms with Crippen molar-refractivity contribution < 1.29 is 9.53 Å². The Hall–Kier alpha value is -1.55. The molecule has 1 atom stereocenters. The van der Waals surface area contributed by atoms with Crippen LogP contribution in [0, 0.1) is 5.92 Å². The van der Waals surface area contributed by atoms with E-state index >= 15 is 0 Å². The van der Waals surface area contributed by atoms with E-state index in [1.807, 2.05) is 12.1 Å². The number of aryl methyl sites for hydroxylation is 1. The molecule has 4 nitrogen and oxygen atoms in total. The molecule has 4 heteroatoms. The summed E-state index contributed by atoms with van der Waals surface area (Å²) in [6, 6.07) is 6.59. The lowest BCUT2D eigenvalue weighted by atomic mass is 10.0. The fourth-order valence-electron chi connectivity index (χ4n) is 2.66. The number of nitrogens with one attached hydrogen (secondary N) is 2. The third-order valence-electron chi connectivity index (χ3n) is 3.89. The molecule has 2 N–H and O–H groups in total. The Labute approximate surface area is 113 Å². The van der Waals surface area contributed by atoms with Gasteiger partial charge in [-0.25, -0.2) is 0 Å². The Morgan fingerprint density at radius 3 is 3.00 bits per heavy atom. The molecule has 0 radical (unpaired) electrons. The van der Waals surface area contributed by atoms with E-state index in [-0.39, 0.29) is 5.91 Å². The number of rotatable bonds is 5. The van der Waals surface area contributed by atoms with Crippen LogP contribution in [0.3, 0.4) is 0 Å². The number of carbonyl (C=O) groups is 1. The number of ether oxygens (including phenoxy) is 1. The van der Waals surface area contributed by atoms with Gasteiger partial charge in [0.05, 0.1) is 12.6 Å². The molecule has 3 rings (SSSR count). The highest BCUT2D eigenvalue weighted by Gasteiger charge is 2.31. The first kappa shape index (κ1) is 12.5. The van der Waals surface area contributed by atoms with Crippen molar-refractivity contribution in [1.82, 2.24) is 0 Å². The molecule has 1 aromatic rings. The SMILES string of the molecule is COCC(Nc1ccc2c(c1)CCC(=O)N2)C1CC1. The van der Waals surface area contributed by atoms with Crippen LogP contribution in [0.4, 0.5) is 11.4 Å². The number of carbonyl (C=O) groups excluding carboxylic acids is 1. The van der Waals surface area contributed by atoms with Gasteiger partial charge in [0, 0.05) is 24.9 Å². The van der Waals surface area contributed by atoms with Gasteiger partial charge in [-0.15, -0.1) is 0 Å². The maximum absolute atomic E-state index is 11.3. The zero-order valence-corrected chi connectivity index (χ0v) is 11.2. The number of hydrogen-bond acceptors (Lipinski definition) is 3. The molecule has 1 heterocycles. The molecule has 0 spiro atoms. The molecule has 0 saturated heterocycles. The summed E-state index contributed by atoms with van der Waals surface area (Å²) in [5, 5.41) is 6.47. The maximum atomic E-state index is 11.3. The highest BCUT2D eigenvalue weighted by molar-refractivity contribution is 5.94. The summed E-state index contributed by atoms with van der Waals surface area (Å²) in [7, 11) is 1.75. The first-order valence-corrected chi connectivity index (χ1v) is 6.94. The second-order valence-electron chi connectivity index (χ2n) is 5.46. The van der Waals surface area contributed by atoms with Gasteiger partial charge in [0.15, 0.2) is 0 Å². The summed E-state index contributed by atoms with van der Waals surface area (Å²) in [4.78, 5) is 11.3. The van der Waals surface area contributed by atoms with Crippen LogP contribution in [-0.4, -0.2) is 25.7 Å². The molecule has 1 unspecified atom stereocenters. The molecule has 2 aliphatic rings. The molecule has 1 amide bonds. The van der Waals surface area contributed by atoms with Crippen LogP contribution in [0.15, 0.2) is 18.2 Å². The van der Waals surface area contributed by atoms with Gasteiger partial charge >= 0.3 is 0 Å². The van der Waals surface area contributed by atoms with Crippen molar-refractivity contribution in [2.75, 3.05) is 24.4 Å². The van der Waals surface area contributed by atoms with Gasteiger partial charge in [-0.05, 0) is 48.9 Å². The fraction of sp³-hybridized carbons (Fsp3) is 0.533. The lowest BCUT2D eigenvalue weighted by Crippen LogP contribution is -2.27. The normalized spacial score (nSPS) is 19.5. The summed E-state index contributed by atoms with van der Waals surface area (Å²) < 4.78 is 5.28. The third-order valence-corrected chi connectivity index (χ3v) is 3.89. The summed E-state index contributed by atoms with van der Waals surface area (Å²) in [5.74, 6) is 0.860. The quantitative estimate of drug-likeness (QED) is 0.854. The predicted octanol–water partition coefficient (Wildman–Crippen LogP) is 2.41. The second kappa shape index (κ2) is 5.21. The number of methoxy groups -OCH3 is 1. The van der Waals surface area contributed by atoms with Crippen molar-refractivity contribution >= 4 is 17.3 Å². The molecule has 1 aliphatic heterocycles. The topological polar surface area (TPSA) is 50.4 Å². The Kier molecular flexibility index (Phi) is 3.42. The smallest absolute Gasteiger partial charge is 0.224 e. The van der Waals surface area contributed by atoms with E-state index in [9.17, 15) is 4.79 Å². The number of benzene rings is 1. The van der Waals surface area contributed by atoms with Crippen molar-refractivity contribution in [2.45, 2.75) is 31.7 Å². The van der Waals surface area contributed by atoms with Gasteiger partial charge in [-0.1, -0.05) is 0 Å². The molecular formula is C15H20N2O2. The molecule has 0 aromatic heterocycles. The van der Waals surface area contributed by atoms with Crippen molar-refractivity contribution in [3.8, 4) is 0 Å². The van der Waals surface area contributed by atoms with Gasteiger partial charge in [0.25, 0.3) is 0 Å². The van der Waals surface area contributed by atoms with Crippen LogP contribution in [0.1, 0.15) is 24.8 Å². The lowest BCUT2D eigenvalue weighted by molar-refractivity contribution is -0.116. The zero-order valence-electron chi connectivity index (χ0n) is 11.2. The van der Waals surface area contributed by atoms with E-state index in [4.69, 9.17) is 4.74 Å². The van der Waals surface area contributed by atoms with Crippen LogP contribution in [0.25, 0.3) is 0 Å². The molecule has 0 bridgehead atoms. The number of fused-ring (bicyclic) bond motifs is 1. The van der Waals surface area contributed by atoms with E-state index in [0.717, 1.165) is 30.3 Å². The van der Waals surface area contributed by atoms with Crippen LogP contribution < -0.4 is 10.6 Å². The van der Waals surface area contributed by atoms with E-state index < -0.39 is 0 Å².